The Morgan fingerprint density at radius 3 is 2.40 bits per heavy atom. The van der Waals surface area contributed by atoms with Gasteiger partial charge < -0.3 is 20.2 Å². The van der Waals surface area contributed by atoms with Crippen molar-refractivity contribution in [3.8, 4) is 0 Å². The number of sulfonamides is 1. The third kappa shape index (κ3) is 6.86. The summed E-state index contributed by atoms with van der Waals surface area (Å²) < 4.78 is 33.6. The van der Waals surface area contributed by atoms with Crippen LogP contribution >= 0.6 is 0 Å². The minimum Gasteiger partial charge on any atom is -0.466 e. The van der Waals surface area contributed by atoms with Gasteiger partial charge in [0.1, 0.15) is 11.4 Å². The SMILES string of the molecule is CCNC(=NCc1ccccc1S(=O)(=O)NC(C)(C)C)NCC(C)(O)c1ccco1. The fourth-order valence-electron chi connectivity index (χ4n) is 2.79. The van der Waals surface area contributed by atoms with Crippen LogP contribution in [-0.4, -0.2) is 38.1 Å². The lowest BCUT2D eigenvalue weighted by atomic mass is 10.0. The molecule has 166 valence electrons. The smallest absolute Gasteiger partial charge is 0.241 e. The van der Waals surface area contributed by atoms with Crippen LogP contribution in [0.25, 0.3) is 0 Å². The zero-order valence-electron chi connectivity index (χ0n) is 18.2. The molecule has 0 aliphatic carbocycles. The molecule has 1 heterocycles. The second-order valence-corrected chi connectivity index (χ2v) is 9.91. The van der Waals surface area contributed by atoms with E-state index in [1.165, 1.54) is 6.26 Å². The van der Waals surface area contributed by atoms with E-state index in [0.29, 0.717) is 23.8 Å². The molecule has 30 heavy (non-hydrogen) atoms. The second-order valence-electron chi connectivity index (χ2n) is 8.26. The van der Waals surface area contributed by atoms with Gasteiger partial charge in [-0.05, 0) is 58.4 Å². The third-order valence-electron chi connectivity index (χ3n) is 4.11. The van der Waals surface area contributed by atoms with Crippen LogP contribution in [0.1, 0.15) is 45.9 Å². The summed E-state index contributed by atoms with van der Waals surface area (Å²) in [6, 6.07) is 10.2. The number of guanidine groups is 1. The first kappa shape index (κ1) is 23.9. The molecule has 1 atom stereocenters. The van der Waals surface area contributed by atoms with Crippen molar-refractivity contribution in [1.82, 2.24) is 15.4 Å². The van der Waals surface area contributed by atoms with Gasteiger partial charge in [-0.1, -0.05) is 18.2 Å². The molecule has 2 rings (SSSR count). The van der Waals surface area contributed by atoms with Crippen LogP contribution in [0.15, 0.2) is 57.0 Å². The highest BCUT2D eigenvalue weighted by molar-refractivity contribution is 7.89. The van der Waals surface area contributed by atoms with Gasteiger partial charge in [0, 0.05) is 12.1 Å². The summed E-state index contributed by atoms with van der Waals surface area (Å²) in [5, 5.41) is 16.8. The highest BCUT2D eigenvalue weighted by Crippen LogP contribution is 2.20. The van der Waals surface area contributed by atoms with E-state index in [-0.39, 0.29) is 18.0 Å². The Morgan fingerprint density at radius 1 is 1.10 bits per heavy atom. The zero-order chi connectivity index (χ0) is 22.4. The Hall–Kier alpha value is -2.36. The van der Waals surface area contributed by atoms with Gasteiger partial charge in [0.2, 0.25) is 10.0 Å². The Kier molecular flexibility index (Phi) is 7.68. The molecular formula is C21H32N4O4S. The van der Waals surface area contributed by atoms with E-state index in [1.54, 1.807) is 64.1 Å². The second kappa shape index (κ2) is 9.63. The van der Waals surface area contributed by atoms with Crippen LogP contribution in [0, 0.1) is 0 Å². The van der Waals surface area contributed by atoms with Crippen molar-refractivity contribution in [2.24, 2.45) is 4.99 Å². The van der Waals surface area contributed by atoms with E-state index in [9.17, 15) is 13.5 Å². The molecule has 0 fully saturated rings. The minimum atomic E-state index is -3.69. The average molecular weight is 437 g/mol. The van der Waals surface area contributed by atoms with Crippen LogP contribution < -0.4 is 15.4 Å². The predicted octanol–water partition coefficient (Wildman–Crippen LogP) is 2.32. The summed E-state index contributed by atoms with van der Waals surface area (Å²) in [4.78, 5) is 4.70. The van der Waals surface area contributed by atoms with Crippen molar-refractivity contribution in [2.75, 3.05) is 13.1 Å². The molecule has 9 heteroatoms. The first-order valence-corrected chi connectivity index (χ1v) is 11.3. The maximum Gasteiger partial charge on any atom is 0.241 e. The maximum absolute atomic E-state index is 12.8. The summed E-state index contributed by atoms with van der Waals surface area (Å²) in [6.07, 6.45) is 1.51. The van der Waals surface area contributed by atoms with Gasteiger partial charge in [-0.2, -0.15) is 0 Å². The molecule has 8 nitrogen and oxygen atoms in total. The minimum absolute atomic E-state index is 0.152. The van der Waals surface area contributed by atoms with Gasteiger partial charge in [-0.3, -0.25) is 0 Å². The summed E-state index contributed by atoms with van der Waals surface area (Å²) >= 11 is 0. The lowest BCUT2D eigenvalue weighted by Gasteiger charge is -2.23. The van der Waals surface area contributed by atoms with E-state index in [0.717, 1.165) is 0 Å². The van der Waals surface area contributed by atoms with Gasteiger partial charge in [-0.25, -0.2) is 18.1 Å². The molecular weight excluding hydrogens is 404 g/mol. The molecule has 0 saturated heterocycles. The van der Waals surface area contributed by atoms with Crippen LogP contribution in [0.5, 0.6) is 0 Å². The Balaban J connectivity index is 2.19. The van der Waals surface area contributed by atoms with Gasteiger partial charge >= 0.3 is 0 Å². The van der Waals surface area contributed by atoms with Crippen LogP contribution in [-0.2, 0) is 22.2 Å². The number of nitrogens with one attached hydrogen (secondary N) is 3. The van der Waals surface area contributed by atoms with E-state index >= 15 is 0 Å². The molecule has 0 amide bonds. The van der Waals surface area contributed by atoms with Gasteiger partial charge in [0.05, 0.1) is 24.2 Å². The number of hydrogen-bond donors (Lipinski definition) is 4. The Bertz CT molecular complexity index is 946. The van der Waals surface area contributed by atoms with Gasteiger partial charge in [-0.15, -0.1) is 0 Å². The number of hydrogen-bond acceptors (Lipinski definition) is 5. The number of aliphatic hydroxyl groups is 1. The van der Waals surface area contributed by atoms with Crippen molar-refractivity contribution >= 4 is 16.0 Å². The number of furan rings is 1. The molecule has 1 aromatic carbocycles. The number of benzene rings is 1. The van der Waals surface area contributed by atoms with Crippen molar-refractivity contribution in [2.45, 2.75) is 57.2 Å². The highest BCUT2D eigenvalue weighted by Gasteiger charge is 2.27. The molecule has 0 bridgehead atoms. The van der Waals surface area contributed by atoms with E-state index in [1.807, 2.05) is 6.92 Å². The van der Waals surface area contributed by atoms with Gasteiger partial charge in [0.15, 0.2) is 5.96 Å². The highest BCUT2D eigenvalue weighted by atomic mass is 32.2. The van der Waals surface area contributed by atoms with Crippen molar-refractivity contribution in [3.05, 3.63) is 54.0 Å². The third-order valence-corrected chi connectivity index (χ3v) is 5.96. The van der Waals surface area contributed by atoms with Crippen LogP contribution in [0.3, 0.4) is 0 Å². The Labute approximate surface area is 178 Å². The molecule has 0 aliphatic rings. The van der Waals surface area contributed by atoms with Crippen LogP contribution in [0.2, 0.25) is 0 Å². The molecule has 4 N–H and O–H groups in total. The van der Waals surface area contributed by atoms with Crippen molar-refractivity contribution in [3.63, 3.8) is 0 Å². The fraction of sp³-hybridized carbons (Fsp3) is 0.476. The zero-order valence-corrected chi connectivity index (χ0v) is 19.0. The quantitative estimate of drug-likeness (QED) is 0.373. The molecule has 1 unspecified atom stereocenters. The standard InChI is InChI=1S/C21H32N4O4S/c1-6-22-19(24-15-21(5,26)18-12-9-13-29-18)23-14-16-10-7-8-11-17(16)30(27,28)25-20(2,3)4/h7-13,25-26H,6,14-15H2,1-5H3,(H2,22,23,24). The summed E-state index contributed by atoms with van der Waals surface area (Å²) in [5.41, 5.74) is -1.25. The largest absolute Gasteiger partial charge is 0.466 e. The summed E-state index contributed by atoms with van der Waals surface area (Å²) in [5.74, 6) is 0.899. The first-order valence-electron chi connectivity index (χ1n) is 9.85. The average Bonchev–Trinajstić information content (AvgIpc) is 3.18. The normalized spacial score (nSPS) is 14.9. The summed E-state index contributed by atoms with van der Waals surface area (Å²) in [7, 11) is -3.69. The van der Waals surface area contributed by atoms with E-state index in [4.69, 9.17) is 4.42 Å². The number of nitrogens with zero attached hydrogens (tertiary/aromatic N) is 1. The molecule has 0 radical (unpaired) electrons. The number of aliphatic imine (C=N–C) groups is 1. The van der Waals surface area contributed by atoms with E-state index in [2.05, 4.69) is 20.3 Å². The first-order chi connectivity index (χ1) is 13.9. The predicted molar refractivity (Wildman–Crippen MR) is 118 cm³/mol. The van der Waals surface area contributed by atoms with E-state index < -0.39 is 21.2 Å². The lowest BCUT2D eigenvalue weighted by Crippen LogP contribution is -2.44. The fourth-order valence-corrected chi connectivity index (χ4v) is 4.44. The van der Waals surface area contributed by atoms with Crippen LogP contribution in [0.4, 0.5) is 0 Å². The topological polar surface area (TPSA) is 116 Å². The van der Waals surface area contributed by atoms with Gasteiger partial charge in [0.25, 0.3) is 0 Å². The maximum atomic E-state index is 12.8. The van der Waals surface area contributed by atoms with Crippen molar-refractivity contribution in [1.29, 1.82) is 0 Å². The monoisotopic (exact) mass is 436 g/mol. The summed E-state index contributed by atoms with van der Waals surface area (Å²) in [6.45, 7) is 9.88. The molecule has 0 spiro atoms. The molecule has 0 saturated carbocycles. The molecule has 0 aliphatic heterocycles. The number of rotatable bonds is 8. The molecule has 2 aromatic rings. The molecule has 1 aromatic heterocycles. The lowest BCUT2D eigenvalue weighted by molar-refractivity contribution is 0.0386. The van der Waals surface area contributed by atoms with Crippen molar-refractivity contribution < 1.29 is 17.9 Å². The Morgan fingerprint density at radius 2 is 1.80 bits per heavy atom.